The molecule has 0 saturated heterocycles. The molecule has 0 aromatic heterocycles. The summed E-state index contributed by atoms with van der Waals surface area (Å²) in [5.41, 5.74) is 0. The van der Waals surface area contributed by atoms with E-state index in [1.54, 1.807) is 0 Å². The van der Waals surface area contributed by atoms with Crippen LogP contribution in [0.4, 0.5) is 0 Å². The smallest absolute Gasteiger partial charge is 0.147 e. The van der Waals surface area contributed by atoms with E-state index in [0.717, 1.165) is 18.8 Å². The Labute approximate surface area is 75.3 Å². The summed E-state index contributed by atoms with van der Waals surface area (Å²) >= 11 is 0. The first-order valence-corrected chi connectivity index (χ1v) is 6.82. The van der Waals surface area contributed by atoms with Gasteiger partial charge in [-0.15, -0.1) is 0 Å². The SMILES string of the molecule is CS(=O)(=O)CCCC1CCCC1. The van der Waals surface area contributed by atoms with Gasteiger partial charge < -0.3 is 0 Å². The van der Waals surface area contributed by atoms with E-state index in [4.69, 9.17) is 0 Å². The van der Waals surface area contributed by atoms with Crippen molar-refractivity contribution in [1.29, 1.82) is 0 Å². The molecule has 0 radical (unpaired) electrons. The second-order valence-corrected chi connectivity index (χ2v) is 6.18. The summed E-state index contributed by atoms with van der Waals surface area (Å²) in [6.07, 6.45) is 8.65. The first kappa shape index (κ1) is 10.0. The van der Waals surface area contributed by atoms with Gasteiger partial charge >= 0.3 is 0 Å². The predicted octanol–water partition coefficient (Wildman–Crippen LogP) is 2.00. The molecule has 0 heterocycles. The molecule has 1 aliphatic rings. The standard InChI is InChI=1S/C9H18O2S/c1-12(10,11)8-4-7-9-5-2-3-6-9/h9H,2-8H2,1H3. The number of hydrogen-bond acceptors (Lipinski definition) is 2. The van der Waals surface area contributed by atoms with Gasteiger partial charge in [0.15, 0.2) is 0 Å². The molecule has 1 rings (SSSR count). The highest BCUT2D eigenvalue weighted by molar-refractivity contribution is 7.90. The Morgan fingerprint density at radius 2 is 1.83 bits per heavy atom. The van der Waals surface area contributed by atoms with E-state index in [0.29, 0.717) is 5.75 Å². The van der Waals surface area contributed by atoms with Crippen molar-refractivity contribution in [3.63, 3.8) is 0 Å². The zero-order valence-corrected chi connectivity index (χ0v) is 8.57. The van der Waals surface area contributed by atoms with E-state index in [1.165, 1.54) is 31.9 Å². The quantitative estimate of drug-likeness (QED) is 0.679. The van der Waals surface area contributed by atoms with Gasteiger partial charge in [0, 0.05) is 12.0 Å². The van der Waals surface area contributed by atoms with Gasteiger partial charge in [0.1, 0.15) is 9.84 Å². The van der Waals surface area contributed by atoms with Gasteiger partial charge in [0.25, 0.3) is 0 Å². The summed E-state index contributed by atoms with van der Waals surface area (Å²) in [6, 6.07) is 0. The van der Waals surface area contributed by atoms with Crippen molar-refractivity contribution in [2.45, 2.75) is 38.5 Å². The maximum Gasteiger partial charge on any atom is 0.147 e. The molecule has 0 spiro atoms. The Hall–Kier alpha value is -0.0500. The molecule has 0 aromatic carbocycles. The Bertz CT molecular complexity index is 213. The molecule has 0 unspecified atom stereocenters. The van der Waals surface area contributed by atoms with E-state index in [2.05, 4.69) is 0 Å². The molecule has 0 aliphatic heterocycles. The summed E-state index contributed by atoms with van der Waals surface area (Å²) in [4.78, 5) is 0. The normalized spacial score (nSPS) is 20.1. The minimum absolute atomic E-state index is 0.378. The third kappa shape index (κ3) is 4.10. The van der Waals surface area contributed by atoms with Crippen LogP contribution in [0.15, 0.2) is 0 Å². The highest BCUT2D eigenvalue weighted by Crippen LogP contribution is 2.28. The molecule has 0 aromatic rings. The Morgan fingerprint density at radius 3 is 2.33 bits per heavy atom. The lowest BCUT2D eigenvalue weighted by Gasteiger charge is -2.06. The Morgan fingerprint density at radius 1 is 1.25 bits per heavy atom. The van der Waals surface area contributed by atoms with Crippen LogP contribution in [0, 0.1) is 5.92 Å². The molecular weight excluding hydrogens is 172 g/mol. The molecule has 0 amide bonds. The van der Waals surface area contributed by atoms with Crippen LogP contribution >= 0.6 is 0 Å². The van der Waals surface area contributed by atoms with Gasteiger partial charge in [-0.2, -0.15) is 0 Å². The zero-order valence-electron chi connectivity index (χ0n) is 7.75. The molecule has 0 bridgehead atoms. The maximum absolute atomic E-state index is 10.8. The van der Waals surface area contributed by atoms with Crippen molar-refractivity contribution in [3.05, 3.63) is 0 Å². The Balaban J connectivity index is 2.09. The van der Waals surface area contributed by atoms with Gasteiger partial charge in [-0.05, 0) is 18.8 Å². The average molecular weight is 190 g/mol. The highest BCUT2D eigenvalue weighted by Gasteiger charge is 2.14. The van der Waals surface area contributed by atoms with Gasteiger partial charge in [0.05, 0.1) is 0 Å². The second kappa shape index (κ2) is 4.26. The monoisotopic (exact) mass is 190 g/mol. The summed E-state index contributed by atoms with van der Waals surface area (Å²) in [6.45, 7) is 0. The lowest BCUT2D eigenvalue weighted by atomic mass is 10.0. The Kier molecular flexibility index (Phi) is 3.56. The van der Waals surface area contributed by atoms with Crippen molar-refractivity contribution >= 4 is 9.84 Å². The first-order chi connectivity index (χ1) is 5.58. The predicted molar refractivity (Wildman–Crippen MR) is 50.9 cm³/mol. The van der Waals surface area contributed by atoms with Crippen LogP contribution in [-0.4, -0.2) is 20.4 Å². The van der Waals surface area contributed by atoms with Crippen molar-refractivity contribution in [3.8, 4) is 0 Å². The molecule has 72 valence electrons. The summed E-state index contributed by atoms with van der Waals surface area (Å²) in [5, 5.41) is 0. The minimum atomic E-state index is -2.72. The average Bonchev–Trinajstić information content (AvgIpc) is 2.36. The molecule has 1 fully saturated rings. The fourth-order valence-corrected chi connectivity index (χ4v) is 2.62. The maximum atomic E-state index is 10.8. The van der Waals surface area contributed by atoms with Crippen LogP contribution in [0.2, 0.25) is 0 Å². The summed E-state index contributed by atoms with van der Waals surface area (Å²) in [5.74, 6) is 1.20. The second-order valence-electron chi connectivity index (χ2n) is 3.92. The van der Waals surface area contributed by atoms with Crippen LogP contribution in [-0.2, 0) is 9.84 Å². The van der Waals surface area contributed by atoms with Gasteiger partial charge in [0.2, 0.25) is 0 Å². The van der Waals surface area contributed by atoms with Gasteiger partial charge in [-0.25, -0.2) is 8.42 Å². The molecule has 12 heavy (non-hydrogen) atoms. The van der Waals surface area contributed by atoms with Crippen molar-refractivity contribution < 1.29 is 8.42 Å². The third-order valence-corrected chi connectivity index (χ3v) is 3.63. The molecule has 1 aliphatic carbocycles. The topological polar surface area (TPSA) is 34.1 Å². The van der Waals surface area contributed by atoms with E-state index in [1.807, 2.05) is 0 Å². The molecular formula is C9H18O2S. The summed E-state index contributed by atoms with van der Waals surface area (Å²) < 4.78 is 21.6. The lowest BCUT2D eigenvalue weighted by Crippen LogP contribution is -2.04. The minimum Gasteiger partial charge on any atom is -0.229 e. The van der Waals surface area contributed by atoms with E-state index in [9.17, 15) is 8.42 Å². The van der Waals surface area contributed by atoms with Gasteiger partial charge in [-0.3, -0.25) is 0 Å². The number of sulfone groups is 1. The van der Waals surface area contributed by atoms with E-state index >= 15 is 0 Å². The van der Waals surface area contributed by atoms with Crippen LogP contribution in [0.3, 0.4) is 0 Å². The molecule has 2 nitrogen and oxygen atoms in total. The van der Waals surface area contributed by atoms with Crippen molar-refractivity contribution in [2.75, 3.05) is 12.0 Å². The van der Waals surface area contributed by atoms with E-state index < -0.39 is 9.84 Å². The molecule has 0 N–H and O–H groups in total. The van der Waals surface area contributed by atoms with Crippen molar-refractivity contribution in [1.82, 2.24) is 0 Å². The molecule has 3 heteroatoms. The zero-order chi connectivity index (χ0) is 9.03. The fourth-order valence-electron chi connectivity index (χ4n) is 1.93. The number of hydrogen-bond donors (Lipinski definition) is 0. The summed E-state index contributed by atoms with van der Waals surface area (Å²) in [7, 11) is -2.72. The van der Waals surface area contributed by atoms with E-state index in [-0.39, 0.29) is 0 Å². The number of rotatable bonds is 4. The largest absolute Gasteiger partial charge is 0.229 e. The molecule has 0 atom stereocenters. The van der Waals surface area contributed by atoms with Crippen LogP contribution in [0.1, 0.15) is 38.5 Å². The fraction of sp³-hybridized carbons (Fsp3) is 1.00. The van der Waals surface area contributed by atoms with Crippen LogP contribution in [0.5, 0.6) is 0 Å². The van der Waals surface area contributed by atoms with Crippen LogP contribution < -0.4 is 0 Å². The molecule has 1 saturated carbocycles. The van der Waals surface area contributed by atoms with Crippen LogP contribution in [0.25, 0.3) is 0 Å². The third-order valence-electron chi connectivity index (χ3n) is 2.60. The highest BCUT2D eigenvalue weighted by atomic mass is 32.2. The first-order valence-electron chi connectivity index (χ1n) is 4.76. The lowest BCUT2D eigenvalue weighted by molar-refractivity contribution is 0.494. The van der Waals surface area contributed by atoms with Gasteiger partial charge in [-0.1, -0.05) is 25.7 Å². The van der Waals surface area contributed by atoms with Crippen molar-refractivity contribution in [2.24, 2.45) is 5.92 Å².